The van der Waals surface area contributed by atoms with E-state index < -0.39 is 0 Å². The van der Waals surface area contributed by atoms with Gasteiger partial charge in [0.25, 0.3) is 0 Å². The standard InChI is InChI=1S/C15H24N2O2/c1-12(8-9-16)4-7-15(18)17(13-5-6-13)11-14-3-2-10-19-14/h2-3,10,12-13H,4-9,11,16H2,1H3. The average Bonchev–Trinajstić information content (AvgIpc) is 3.10. The van der Waals surface area contributed by atoms with E-state index in [4.69, 9.17) is 10.2 Å². The molecule has 1 aliphatic rings. The summed E-state index contributed by atoms with van der Waals surface area (Å²) in [4.78, 5) is 14.3. The number of carbonyl (C=O) groups excluding carboxylic acids is 1. The van der Waals surface area contributed by atoms with Crippen molar-refractivity contribution in [3.05, 3.63) is 24.2 Å². The van der Waals surface area contributed by atoms with Crippen molar-refractivity contribution < 1.29 is 9.21 Å². The van der Waals surface area contributed by atoms with Crippen LogP contribution in [0, 0.1) is 5.92 Å². The van der Waals surface area contributed by atoms with Crippen LogP contribution in [0.3, 0.4) is 0 Å². The van der Waals surface area contributed by atoms with Gasteiger partial charge in [-0.25, -0.2) is 0 Å². The predicted molar refractivity (Wildman–Crippen MR) is 74.3 cm³/mol. The molecule has 0 spiro atoms. The summed E-state index contributed by atoms with van der Waals surface area (Å²) in [6.07, 6.45) is 6.47. The highest BCUT2D eigenvalue weighted by Gasteiger charge is 2.32. The first-order valence-corrected chi connectivity index (χ1v) is 7.22. The summed E-state index contributed by atoms with van der Waals surface area (Å²) in [5.41, 5.74) is 5.54. The molecular formula is C15H24N2O2. The highest BCUT2D eigenvalue weighted by molar-refractivity contribution is 5.76. The zero-order valence-electron chi connectivity index (χ0n) is 11.7. The molecule has 1 saturated carbocycles. The molecular weight excluding hydrogens is 240 g/mol. The number of amides is 1. The number of furan rings is 1. The van der Waals surface area contributed by atoms with Gasteiger partial charge < -0.3 is 15.1 Å². The van der Waals surface area contributed by atoms with E-state index in [1.807, 2.05) is 17.0 Å². The van der Waals surface area contributed by atoms with Gasteiger partial charge in [0.1, 0.15) is 5.76 Å². The minimum absolute atomic E-state index is 0.253. The van der Waals surface area contributed by atoms with E-state index in [9.17, 15) is 4.79 Å². The van der Waals surface area contributed by atoms with E-state index in [0.717, 1.165) is 31.4 Å². The number of nitrogens with zero attached hydrogens (tertiary/aromatic N) is 1. The van der Waals surface area contributed by atoms with Crippen LogP contribution in [0.2, 0.25) is 0 Å². The molecule has 0 bridgehead atoms. The predicted octanol–water partition coefficient (Wildman–Crippen LogP) is 2.54. The highest BCUT2D eigenvalue weighted by atomic mass is 16.3. The van der Waals surface area contributed by atoms with Crippen LogP contribution in [0.4, 0.5) is 0 Å². The van der Waals surface area contributed by atoms with Crippen molar-refractivity contribution in [2.75, 3.05) is 6.54 Å². The maximum atomic E-state index is 12.3. The highest BCUT2D eigenvalue weighted by Crippen LogP contribution is 2.29. The van der Waals surface area contributed by atoms with E-state index >= 15 is 0 Å². The minimum Gasteiger partial charge on any atom is -0.467 e. The number of rotatable bonds is 8. The first kappa shape index (κ1) is 14.1. The molecule has 0 aliphatic heterocycles. The van der Waals surface area contributed by atoms with Crippen LogP contribution in [0.1, 0.15) is 44.8 Å². The van der Waals surface area contributed by atoms with Gasteiger partial charge in [0.05, 0.1) is 12.8 Å². The molecule has 106 valence electrons. The molecule has 0 aromatic carbocycles. The number of hydrogen-bond donors (Lipinski definition) is 1. The van der Waals surface area contributed by atoms with Crippen LogP contribution >= 0.6 is 0 Å². The molecule has 2 N–H and O–H groups in total. The second kappa shape index (κ2) is 6.75. The van der Waals surface area contributed by atoms with Crippen molar-refractivity contribution in [2.24, 2.45) is 11.7 Å². The molecule has 1 unspecified atom stereocenters. The maximum absolute atomic E-state index is 12.3. The molecule has 19 heavy (non-hydrogen) atoms. The fraction of sp³-hybridized carbons (Fsp3) is 0.667. The molecule has 1 aromatic heterocycles. The van der Waals surface area contributed by atoms with Crippen LogP contribution in [0.5, 0.6) is 0 Å². The topological polar surface area (TPSA) is 59.5 Å². The molecule has 4 heteroatoms. The lowest BCUT2D eigenvalue weighted by atomic mass is 10.0. The molecule has 1 aliphatic carbocycles. The van der Waals surface area contributed by atoms with Crippen molar-refractivity contribution >= 4 is 5.91 Å². The Hall–Kier alpha value is -1.29. The summed E-state index contributed by atoms with van der Waals surface area (Å²) in [5, 5.41) is 0. The average molecular weight is 264 g/mol. The first-order valence-electron chi connectivity index (χ1n) is 7.22. The van der Waals surface area contributed by atoms with Gasteiger partial charge >= 0.3 is 0 Å². The fourth-order valence-electron chi connectivity index (χ4n) is 2.32. The Morgan fingerprint density at radius 3 is 2.89 bits per heavy atom. The zero-order chi connectivity index (χ0) is 13.7. The summed E-state index contributed by atoms with van der Waals surface area (Å²) in [6.45, 7) is 3.48. The lowest BCUT2D eigenvalue weighted by molar-refractivity contribution is -0.133. The number of nitrogens with two attached hydrogens (primary N) is 1. The van der Waals surface area contributed by atoms with Gasteiger partial charge in [-0.1, -0.05) is 6.92 Å². The number of hydrogen-bond acceptors (Lipinski definition) is 3. The third-order valence-corrected chi connectivity index (χ3v) is 3.72. The monoisotopic (exact) mass is 264 g/mol. The summed E-state index contributed by atoms with van der Waals surface area (Å²) >= 11 is 0. The molecule has 1 atom stereocenters. The quantitative estimate of drug-likeness (QED) is 0.785. The van der Waals surface area contributed by atoms with Crippen LogP contribution < -0.4 is 5.73 Å². The van der Waals surface area contributed by atoms with Crippen molar-refractivity contribution in [1.29, 1.82) is 0 Å². The van der Waals surface area contributed by atoms with Gasteiger partial charge in [0, 0.05) is 12.5 Å². The zero-order valence-corrected chi connectivity index (χ0v) is 11.7. The summed E-state index contributed by atoms with van der Waals surface area (Å²) in [6, 6.07) is 4.23. The van der Waals surface area contributed by atoms with E-state index in [1.165, 1.54) is 0 Å². The van der Waals surface area contributed by atoms with Crippen molar-refractivity contribution in [1.82, 2.24) is 4.90 Å². The minimum atomic E-state index is 0.253. The second-order valence-electron chi connectivity index (χ2n) is 5.55. The van der Waals surface area contributed by atoms with Gasteiger partial charge in [-0.2, -0.15) is 0 Å². The second-order valence-corrected chi connectivity index (χ2v) is 5.55. The Balaban J connectivity index is 1.83. The molecule has 2 rings (SSSR count). The normalized spacial score (nSPS) is 16.3. The van der Waals surface area contributed by atoms with E-state index in [2.05, 4.69) is 6.92 Å². The van der Waals surface area contributed by atoms with E-state index in [-0.39, 0.29) is 5.91 Å². The van der Waals surface area contributed by atoms with Gasteiger partial charge in [-0.15, -0.1) is 0 Å². The fourth-order valence-corrected chi connectivity index (χ4v) is 2.32. The number of carbonyl (C=O) groups is 1. The molecule has 1 aromatic rings. The Labute approximate surface area is 114 Å². The Bertz CT molecular complexity index is 385. The molecule has 0 saturated heterocycles. The van der Waals surface area contributed by atoms with Crippen molar-refractivity contribution in [3.8, 4) is 0 Å². The molecule has 1 heterocycles. The van der Waals surface area contributed by atoms with E-state index in [0.29, 0.717) is 31.5 Å². The Morgan fingerprint density at radius 1 is 1.53 bits per heavy atom. The summed E-state index contributed by atoms with van der Waals surface area (Å²) in [7, 11) is 0. The molecule has 4 nitrogen and oxygen atoms in total. The third-order valence-electron chi connectivity index (χ3n) is 3.72. The first-order chi connectivity index (χ1) is 9.20. The van der Waals surface area contributed by atoms with Crippen molar-refractivity contribution in [3.63, 3.8) is 0 Å². The van der Waals surface area contributed by atoms with Crippen LogP contribution in [-0.2, 0) is 11.3 Å². The third kappa shape index (κ3) is 4.39. The van der Waals surface area contributed by atoms with Gasteiger partial charge in [0.15, 0.2) is 0 Å². The van der Waals surface area contributed by atoms with Crippen molar-refractivity contribution in [2.45, 2.75) is 51.6 Å². The Kier molecular flexibility index (Phi) is 5.02. The molecule has 1 amide bonds. The van der Waals surface area contributed by atoms with Gasteiger partial charge in [-0.05, 0) is 50.3 Å². The summed E-state index contributed by atoms with van der Waals surface area (Å²) < 4.78 is 5.35. The van der Waals surface area contributed by atoms with E-state index in [1.54, 1.807) is 6.26 Å². The summed E-state index contributed by atoms with van der Waals surface area (Å²) in [5.74, 6) is 1.65. The smallest absolute Gasteiger partial charge is 0.223 e. The Morgan fingerprint density at radius 2 is 2.32 bits per heavy atom. The van der Waals surface area contributed by atoms with Crippen LogP contribution in [0.25, 0.3) is 0 Å². The van der Waals surface area contributed by atoms with Crippen LogP contribution in [0.15, 0.2) is 22.8 Å². The largest absolute Gasteiger partial charge is 0.467 e. The van der Waals surface area contributed by atoms with Crippen LogP contribution in [-0.4, -0.2) is 23.4 Å². The molecule has 1 fully saturated rings. The van der Waals surface area contributed by atoms with Gasteiger partial charge in [0.2, 0.25) is 5.91 Å². The maximum Gasteiger partial charge on any atom is 0.223 e. The SMILES string of the molecule is CC(CCN)CCC(=O)N(Cc1ccco1)C1CC1. The van der Waals surface area contributed by atoms with Gasteiger partial charge in [-0.3, -0.25) is 4.79 Å². The lowest BCUT2D eigenvalue weighted by Gasteiger charge is -2.22. The lowest BCUT2D eigenvalue weighted by Crippen LogP contribution is -2.32. The molecule has 0 radical (unpaired) electrons.